The average Bonchev–Trinajstić information content (AvgIpc) is 3.13. The van der Waals surface area contributed by atoms with Crippen molar-refractivity contribution in [2.24, 2.45) is 5.92 Å². The number of piperidine rings is 1. The van der Waals surface area contributed by atoms with E-state index in [1.165, 1.54) is 10.4 Å². The molecule has 1 saturated heterocycles. The van der Waals surface area contributed by atoms with Crippen LogP contribution in [0, 0.1) is 5.92 Å². The molecule has 2 aliphatic rings. The molecule has 0 unspecified atom stereocenters. The van der Waals surface area contributed by atoms with Gasteiger partial charge >= 0.3 is 5.97 Å². The van der Waals surface area contributed by atoms with Crippen LogP contribution < -0.4 is 5.32 Å². The van der Waals surface area contributed by atoms with Gasteiger partial charge in [0.1, 0.15) is 5.00 Å². The Morgan fingerprint density at radius 1 is 1.12 bits per heavy atom. The summed E-state index contributed by atoms with van der Waals surface area (Å²) in [7, 11) is 0. The number of likely N-dealkylation sites (tertiary alicyclic amines) is 1. The zero-order valence-electron chi connectivity index (χ0n) is 19.2. The summed E-state index contributed by atoms with van der Waals surface area (Å²) in [6.45, 7) is 5.97. The fourth-order valence-corrected chi connectivity index (χ4v) is 6.10. The normalized spacial score (nSPS) is 17.2. The molecule has 1 aromatic heterocycles. The largest absolute Gasteiger partial charge is 0.459 e. The van der Waals surface area contributed by atoms with Crippen molar-refractivity contribution in [2.75, 3.05) is 25.0 Å². The van der Waals surface area contributed by atoms with Gasteiger partial charge in [-0.15, -0.1) is 11.3 Å². The van der Waals surface area contributed by atoms with Gasteiger partial charge in [0.15, 0.2) is 0 Å². The molecule has 0 atom stereocenters. The maximum atomic E-state index is 12.9. The Kier molecular flexibility index (Phi) is 7.63. The number of anilines is 1. The minimum atomic E-state index is -0.309. The van der Waals surface area contributed by atoms with E-state index in [-0.39, 0.29) is 18.0 Å². The van der Waals surface area contributed by atoms with Crippen LogP contribution in [0.5, 0.6) is 0 Å². The molecular formula is C26H34N2O3S. The number of nitrogens with one attached hydrogen (secondary N) is 1. The van der Waals surface area contributed by atoms with Crippen LogP contribution in [0.4, 0.5) is 5.00 Å². The van der Waals surface area contributed by atoms with Crippen molar-refractivity contribution in [3.05, 3.63) is 51.9 Å². The lowest BCUT2D eigenvalue weighted by molar-refractivity contribution is -0.117. The lowest BCUT2D eigenvalue weighted by atomic mass is 9.90. The van der Waals surface area contributed by atoms with Gasteiger partial charge in [-0.05, 0) is 88.9 Å². The van der Waals surface area contributed by atoms with Crippen LogP contribution in [0.3, 0.4) is 0 Å². The maximum absolute atomic E-state index is 12.9. The molecule has 1 aliphatic heterocycles. The molecule has 0 saturated carbocycles. The van der Waals surface area contributed by atoms with Gasteiger partial charge in [-0.1, -0.05) is 30.3 Å². The Balaban J connectivity index is 1.34. The fourth-order valence-electron chi connectivity index (χ4n) is 4.81. The number of hydrogen-bond acceptors (Lipinski definition) is 5. The van der Waals surface area contributed by atoms with Gasteiger partial charge in [-0.3, -0.25) is 9.69 Å². The highest BCUT2D eigenvalue weighted by Gasteiger charge is 2.28. The van der Waals surface area contributed by atoms with Gasteiger partial charge in [0.2, 0.25) is 5.91 Å². The molecule has 0 spiro atoms. The third-order valence-electron chi connectivity index (χ3n) is 6.41. The monoisotopic (exact) mass is 454 g/mol. The van der Waals surface area contributed by atoms with E-state index in [9.17, 15) is 9.59 Å². The van der Waals surface area contributed by atoms with E-state index in [0.29, 0.717) is 23.0 Å². The maximum Gasteiger partial charge on any atom is 0.341 e. The number of esters is 1. The third kappa shape index (κ3) is 5.78. The molecule has 1 aliphatic carbocycles. The first-order valence-electron chi connectivity index (χ1n) is 11.9. The molecule has 1 N–H and O–H groups in total. The fraction of sp³-hybridized carbons (Fsp3) is 0.538. The number of amides is 1. The SMILES string of the molecule is CC(C)OC(=O)c1c(NC(=O)CN2CCC(Cc3ccccc3)CC2)sc2c1CCCC2. The van der Waals surface area contributed by atoms with Gasteiger partial charge in [-0.25, -0.2) is 4.79 Å². The minimum absolute atomic E-state index is 0.0382. The van der Waals surface area contributed by atoms with Crippen molar-refractivity contribution in [1.29, 1.82) is 0 Å². The Hall–Kier alpha value is -2.18. The molecular weight excluding hydrogens is 420 g/mol. The van der Waals surface area contributed by atoms with Crippen LogP contribution in [-0.4, -0.2) is 42.5 Å². The highest BCUT2D eigenvalue weighted by atomic mass is 32.1. The lowest BCUT2D eigenvalue weighted by Crippen LogP contribution is -2.39. The standard InChI is InChI=1S/C26H34N2O3S/c1-18(2)31-26(30)24-21-10-6-7-11-22(21)32-25(24)27-23(29)17-28-14-12-20(13-15-28)16-19-8-4-3-5-9-19/h3-5,8-9,18,20H,6-7,10-17H2,1-2H3,(H,27,29). The first-order valence-corrected chi connectivity index (χ1v) is 12.7. The molecule has 1 fully saturated rings. The quantitative estimate of drug-likeness (QED) is 0.593. The third-order valence-corrected chi connectivity index (χ3v) is 7.62. The highest BCUT2D eigenvalue weighted by molar-refractivity contribution is 7.17. The predicted molar refractivity (Wildman–Crippen MR) is 129 cm³/mol. The molecule has 6 heteroatoms. The van der Waals surface area contributed by atoms with Gasteiger partial charge in [0, 0.05) is 4.88 Å². The predicted octanol–water partition coefficient (Wildman–Crippen LogP) is 5.09. The molecule has 2 aromatic rings. The van der Waals surface area contributed by atoms with Crippen molar-refractivity contribution in [2.45, 2.75) is 64.9 Å². The molecule has 32 heavy (non-hydrogen) atoms. The first kappa shape index (κ1) is 23.0. The molecule has 0 bridgehead atoms. The number of carbonyl (C=O) groups is 2. The lowest BCUT2D eigenvalue weighted by Gasteiger charge is -2.31. The molecule has 1 amide bonds. The first-order chi connectivity index (χ1) is 15.5. The molecule has 1 aromatic carbocycles. The van der Waals surface area contributed by atoms with Crippen molar-refractivity contribution >= 4 is 28.2 Å². The molecule has 4 rings (SSSR count). The molecule has 172 valence electrons. The van der Waals surface area contributed by atoms with Crippen LogP contribution in [-0.2, 0) is 28.8 Å². The van der Waals surface area contributed by atoms with E-state index >= 15 is 0 Å². The van der Waals surface area contributed by atoms with Crippen LogP contribution in [0.2, 0.25) is 0 Å². The molecule has 2 heterocycles. The summed E-state index contributed by atoms with van der Waals surface area (Å²) < 4.78 is 5.50. The number of hydrogen-bond donors (Lipinski definition) is 1. The van der Waals surface area contributed by atoms with Gasteiger partial charge in [-0.2, -0.15) is 0 Å². The van der Waals surface area contributed by atoms with Crippen molar-refractivity contribution in [3.8, 4) is 0 Å². The zero-order chi connectivity index (χ0) is 22.5. The van der Waals surface area contributed by atoms with E-state index < -0.39 is 0 Å². The van der Waals surface area contributed by atoms with Crippen molar-refractivity contribution in [3.63, 3.8) is 0 Å². The number of ether oxygens (including phenoxy) is 1. The summed E-state index contributed by atoms with van der Waals surface area (Å²) in [4.78, 5) is 29.1. The Morgan fingerprint density at radius 3 is 2.56 bits per heavy atom. The van der Waals surface area contributed by atoms with Gasteiger partial charge in [0.25, 0.3) is 0 Å². The van der Waals surface area contributed by atoms with E-state index in [1.807, 2.05) is 13.8 Å². The van der Waals surface area contributed by atoms with E-state index in [0.717, 1.165) is 63.6 Å². The number of rotatable bonds is 7. The summed E-state index contributed by atoms with van der Waals surface area (Å²) in [6, 6.07) is 10.7. The van der Waals surface area contributed by atoms with Crippen LogP contribution in [0.1, 0.15) is 65.9 Å². The molecule has 0 radical (unpaired) electrons. The number of aryl methyl sites for hydroxylation is 1. The second kappa shape index (κ2) is 10.6. The molecule has 5 nitrogen and oxygen atoms in total. The average molecular weight is 455 g/mol. The number of thiophene rings is 1. The topological polar surface area (TPSA) is 58.6 Å². The number of nitrogens with zero attached hydrogens (tertiary/aromatic N) is 1. The number of carbonyl (C=O) groups excluding carboxylic acids is 2. The minimum Gasteiger partial charge on any atom is -0.459 e. The summed E-state index contributed by atoms with van der Waals surface area (Å²) in [5, 5.41) is 3.73. The summed E-state index contributed by atoms with van der Waals surface area (Å²) in [5.74, 6) is 0.332. The summed E-state index contributed by atoms with van der Waals surface area (Å²) >= 11 is 1.56. The van der Waals surface area contributed by atoms with E-state index in [1.54, 1.807) is 11.3 Å². The van der Waals surface area contributed by atoms with Crippen molar-refractivity contribution < 1.29 is 14.3 Å². The number of benzene rings is 1. The summed E-state index contributed by atoms with van der Waals surface area (Å²) in [6.07, 6.45) is 7.24. The summed E-state index contributed by atoms with van der Waals surface area (Å²) in [5.41, 5.74) is 3.07. The Morgan fingerprint density at radius 2 is 1.84 bits per heavy atom. The Labute approximate surface area is 195 Å². The number of fused-ring (bicyclic) bond motifs is 1. The van der Waals surface area contributed by atoms with E-state index in [4.69, 9.17) is 4.74 Å². The zero-order valence-corrected chi connectivity index (χ0v) is 20.0. The van der Waals surface area contributed by atoms with Crippen LogP contribution in [0.15, 0.2) is 30.3 Å². The van der Waals surface area contributed by atoms with Crippen LogP contribution in [0.25, 0.3) is 0 Å². The second-order valence-electron chi connectivity index (χ2n) is 9.33. The Bertz CT molecular complexity index is 930. The van der Waals surface area contributed by atoms with Crippen LogP contribution >= 0.6 is 11.3 Å². The highest BCUT2D eigenvalue weighted by Crippen LogP contribution is 2.38. The van der Waals surface area contributed by atoms with Gasteiger partial charge < -0.3 is 10.1 Å². The van der Waals surface area contributed by atoms with Gasteiger partial charge in [0.05, 0.1) is 18.2 Å². The van der Waals surface area contributed by atoms with E-state index in [2.05, 4.69) is 40.5 Å². The second-order valence-corrected chi connectivity index (χ2v) is 10.4. The smallest absolute Gasteiger partial charge is 0.341 e. The van der Waals surface area contributed by atoms with Crippen molar-refractivity contribution in [1.82, 2.24) is 4.90 Å².